The van der Waals surface area contributed by atoms with Gasteiger partial charge in [0, 0.05) is 36.1 Å². The number of carbonyl (C=O) groups excluding carboxylic acids is 2. The highest BCUT2D eigenvalue weighted by atomic mass is 32.1. The van der Waals surface area contributed by atoms with Crippen LogP contribution in [-0.2, 0) is 11.0 Å². The first-order chi connectivity index (χ1) is 14.7. The molecule has 2 N–H and O–H groups in total. The molecule has 0 saturated heterocycles. The smallest absolute Gasteiger partial charge is 0.354 e. The van der Waals surface area contributed by atoms with Crippen molar-refractivity contribution in [3.05, 3.63) is 40.9 Å². The quantitative estimate of drug-likeness (QED) is 0.570. The van der Waals surface area contributed by atoms with E-state index in [4.69, 9.17) is 0 Å². The molecule has 1 atom stereocenters. The molecule has 1 aliphatic carbocycles. The first-order valence-electron chi connectivity index (χ1n) is 10.2. The molecule has 10 heteroatoms. The van der Waals surface area contributed by atoms with Gasteiger partial charge in [0.2, 0.25) is 5.91 Å². The van der Waals surface area contributed by atoms with Crippen LogP contribution >= 0.6 is 11.3 Å². The molecule has 3 rings (SSSR count). The summed E-state index contributed by atoms with van der Waals surface area (Å²) in [5, 5.41) is 7.62. The number of benzene rings is 1. The van der Waals surface area contributed by atoms with Crippen molar-refractivity contribution >= 4 is 34.0 Å². The average Bonchev–Trinajstić information content (AvgIpc) is 3.45. The number of nitrogens with zero attached hydrogens (tertiary/aromatic N) is 2. The largest absolute Gasteiger partial charge is 0.416 e. The van der Waals surface area contributed by atoms with E-state index < -0.39 is 11.7 Å². The van der Waals surface area contributed by atoms with Gasteiger partial charge < -0.3 is 15.5 Å². The number of hydrogen-bond donors (Lipinski definition) is 2. The summed E-state index contributed by atoms with van der Waals surface area (Å²) in [6.45, 7) is 4.22. The van der Waals surface area contributed by atoms with Crippen LogP contribution in [0.4, 0.5) is 24.0 Å². The molecule has 0 bridgehead atoms. The van der Waals surface area contributed by atoms with Gasteiger partial charge in [-0.05, 0) is 44.4 Å². The fourth-order valence-corrected chi connectivity index (χ4v) is 3.69. The van der Waals surface area contributed by atoms with Gasteiger partial charge in [0.05, 0.1) is 5.56 Å². The van der Waals surface area contributed by atoms with Gasteiger partial charge in [-0.25, -0.2) is 4.98 Å². The fraction of sp³-hybridized carbons (Fsp3) is 0.476. The third kappa shape index (κ3) is 6.43. The predicted octanol–water partition coefficient (Wildman–Crippen LogP) is 4.81. The molecular formula is C21H25F3N4O2S. The minimum absolute atomic E-state index is 0.0839. The van der Waals surface area contributed by atoms with Gasteiger partial charge in [-0.3, -0.25) is 9.59 Å². The molecule has 0 spiro atoms. The Morgan fingerprint density at radius 1 is 1.32 bits per heavy atom. The van der Waals surface area contributed by atoms with Crippen LogP contribution in [0.15, 0.2) is 29.6 Å². The van der Waals surface area contributed by atoms with Crippen LogP contribution in [0.3, 0.4) is 0 Å². The average molecular weight is 455 g/mol. The molecule has 1 fully saturated rings. The van der Waals surface area contributed by atoms with Crippen molar-refractivity contribution in [2.45, 2.75) is 57.8 Å². The molecule has 0 aliphatic heterocycles. The van der Waals surface area contributed by atoms with E-state index in [0.29, 0.717) is 11.7 Å². The number of halogens is 3. The second kappa shape index (κ2) is 9.67. The first-order valence-corrected chi connectivity index (χ1v) is 11.1. The van der Waals surface area contributed by atoms with Crippen LogP contribution in [-0.4, -0.2) is 40.3 Å². The van der Waals surface area contributed by atoms with Crippen molar-refractivity contribution < 1.29 is 22.8 Å². The number of rotatable bonds is 9. The van der Waals surface area contributed by atoms with Gasteiger partial charge in [-0.15, -0.1) is 11.3 Å². The summed E-state index contributed by atoms with van der Waals surface area (Å²) in [6, 6.07) is 4.99. The number of carbonyl (C=O) groups is 2. The maximum absolute atomic E-state index is 12.9. The molecule has 1 aromatic heterocycles. The second-order valence-electron chi connectivity index (χ2n) is 7.60. The topological polar surface area (TPSA) is 74.3 Å². The van der Waals surface area contributed by atoms with E-state index in [1.807, 2.05) is 13.8 Å². The van der Waals surface area contributed by atoms with E-state index in [9.17, 15) is 22.8 Å². The molecule has 2 aromatic rings. The Kier molecular flexibility index (Phi) is 7.19. The molecule has 31 heavy (non-hydrogen) atoms. The highest BCUT2D eigenvalue weighted by molar-refractivity contribution is 7.14. The van der Waals surface area contributed by atoms with Gasteiger partial charge >= 0.3 is 6.18 Å². The number of aromatic nitrogens is 1. The SMILES string of the molecule is CCC(C)NC(=O)CCN(C(=O)c1csc(Nc2cccc(C(F)(F)F)c2)n1)C1CC1. The minimum atomic E-state index is -4.44. The Morgan fingerprint density at radius 3 is 2.71 bits per heavy atom. The van der Waals surface area contributed by atoms with Crippen molar-refractivity contribution in [2.24, 2.45) is 0 Å². The maximum atomic E-state index is 12.9. The third-order valence-corrected chi connectivity index (χ3v) is 5.77. The van der Waals surface area contributed by atoms with Crippen molar-refractivity contribution in [1.82, 2.24) is 15.2 Å². The van der Waals surface area contributed by atoms with Crippen LogP contribution in [0, 0.1) is 0 Å². The molecule has 6 nitrogen and oxygen atoms in total. The van der Waals surface area contributed by atoms with Crippen molar-refractivity contribution in [3.8, 4) is 0 Å². The lowest BCUT2D eigenvalue weighted by Gasteiger charge is -2.21. The van der Waals surface area contributed by atoms with Crippen molar-refractivity contribution in [2.75, 3.05) is 11.9 Å². The van der Waals surface area contributed by atoms with E-state index in [1.54, 1.807) is 10.3 Å². The lowest BCUT2D eigenvalue weighted by molar-refractivity contribution is -0.137. The summed E-state index contributed by atoms with van der Waals surface area (Å²) in [6.07, 6.45) is -1.62. The lowest BCUT2D eigenvalue weighted by atomic mass is 10.2. The van der Waals surface area contributed by atoms with Crippen LogP contribution in [0.5, 0.6) is 0 Å². The summed E-state index contributed by atoms with van der Waals surface area (Å²) < 4.78 is 38.7. The molecule has 0 radical (unpaired) electrons. The van der Waals surface area contributed by atoms with Crippen LogP contribution < -0.4 is 10.6 Å². The summed E-state index contributed by atoms with van der Waals surface area (Å²) in [7, 11) is 0. The third-order valence-electron chi connectivity index (χ3n) is 5.01. The van der Waals surface area contributed by atoms with Crippen LogP contribution in [0.2, 0.25) is 0 Å². The Hall–Kier alpha value is -2.62. The molecule has 1 aliphatic rings. The number of thiazole rings is 1. The molecule has 168 valence electrons. The van der Waals surface area contributed by atoms with E-state index in [1.165, 1.54) is 12.1 Å². The maximum Gasteiger partial charge on any atom is 0.416 e. The summed E-state index contributed by atoms with van der Waals surface area (Å²) in [5.74, 6) is -0.370. The standard InChI is InChI=1S/C21H25F3N4O2S/c1-3-13(2)25-18(29)9-10-28(16-7-8-16)19(30)17-12-31-20(27-17)26-15-6-4-5-14(11-15)21(22,23)24/h4-6,11-13,16H,3,7-10H2,1-2H3,(H,25,29)(H,26,27). The second-order valence-corrected chi connectivity index (χ2v) is 8.46. The van der Waals surface area contributed by atoms with Gasteiger partial charge in [-0.1, -0.05) is 13.0 Å². The Bertz CT molecular complexity index is 927. The lowest BCUT2D eigenvalue weighted by Crippen LogP contribution is -2.38. The molecule has 1 unspecified atom stereocenters. The van der Waals surface area contributed by atoms with Crippen molar-refractivity contribution in [3.63, 3.8) is 0 Å². The van der Waals surface area contributed by atoms with E-state index in [-0.39, 0.29) is 41.7 Å². The van der Waals surface area contributed by atoms with Crippen LogP contribution in [0.1, 0.15) is 55.6 Å². The van der Waals surface area contributed by atoms with Crippen LogP contribution in [0.25, 0.3) is 0 Å². The molecule has 1 aromatic carbocycles. The zero-order chi connectivity index (χ0) is 22.6. The van der Waals surface area contributed by atoms with Gasteiger partial charge in [-0.2, -0.15) is 13.2 Å². The number of alkyl halides is 3. The molecule has 1 saturated carbocycles. The minimum Gasteiger partial charge on any atom is -0.354 e. The molecular weight excluding hydrogens is 429 g/mol. The molecule has 1 heterocycles. The first kappa shape index (κ1) is 23.1. The van der Waals surface area contributed by atoms with E-state index in [2.05, 4.69) is 15.6 Å². The molecule has 2 amide bonds. The normalized spacial score (nSPS) is 14.7. The number of hydrogen-bond acceptors (Lipinski definition) is 5. The Morgan fingerprint density at radius 2 is 2.06 bits per heavy atom. The predicted molar refractivity (Wildman–Crippen MR) is 113 cm³/mol. The number of nitrogens with one attached hydrogen (secondary N) is 2. The van der Waals surface area contributed by atoms with Gasteiger partial charge in [0.1, 0.15) is 5.69 Å². The monoisotopic (exact) mass is 454 g/mol. The Labute approximate surface area is 182 Å². The Balaban J connectivity index is 1.63. The fourth-order valence-electron chi connectivity index (χ4n) is 2.98. The highest BCUT2D eigenvalue weighted by Crippen LogP contribution is 2.32. The highest BCUT2D eigenvalue weighted by Gasteiger charge is 2.34. The van der Waals surface area contributed by atoms with Gasteiger partial charge in [0.25, 0.3) is 5.91 Å². The summed E-state index contributed by atoms with van der Waals surface area (Å²) >= 11 is 1.14. The van der Waals surface area contributed by atoms with Gasteiger partial charge in [0.15, 0.2) is 5.13 Å². The zero-order valence-corrected chi connectivity index (χ0v) is 18.1. The van der Waals surface area contributed by atoms with E-state index in [0.717, 1.165) is 42.7 Å². The summed E-state index contributed by atoms with van der Waals surface area (Å²) in [4.78, 5) is 30.9. The van der Waals surface area contributed by atoms with Crippen molar-refractivity contribution in [1.29, 1.82) is 0 Å². The number of amides is 2. The van der Waals surface area contributed by atoms with E-state index >= 15 is 0 Å². The summed E-state index contributed by atoms with van der Waals surface area (Å²) in [5.41, 5.74) is -0.307. The zero-order valence-electron chi connectivity index (χ0n) is 17.3. The number of anilines is 2.